The van der Waals surface area contributed by atoms with E-state index in [1.807, 2.05) is 30.3 Å². The molecular weight excluding hydrogens is 338 g/mol. The van der Waals surface area contributed by atoms with Gasteiger partial charge in [0.1, 0.15) is 18.2 Å². The van der Waals surface area contributed by atoms with Crippen LogP contribution in [0.25, 0.3) is 16.3 Å². The molecule has 0 unspecified atom stereocenters. The fraction of sp³-hybridized carbons (Fsp3) is 0.176. The third kappa shape index (κ3) is 2.60. The molecule has 0 aliphatic carbocycles. The number of benzene rings is 1. The van der Waals surface area contributed by atoms with Crippen molar-refractivity contribution >= 4 is 16.3 Å². The first kappa shape index (κ1) is 14.4. The van der Waals surface area contributed by atoms with E-state index < -0.39 is 0 Å². The van der Waals surface area contributed by atoms with Crippen LogP contribution in [-0.2, 0) is 6.42 Å². The number of pyridine rings is 1. The molecule has 4 aromatic rings. The van der Waals surface area contributed by atoms with E-state index in [0.29, 0.717) is 25.5 Å². The lowest BCUT2D eigenvalue weighted by atomic mass is 10.1. The number of ether oxygens (including phenoxy) is 2. The van der Waals surface area contributed by atoms with Gasteiger partial charge < -0.3 is 9.47 Å². The number of rotatable bonds is 3. The van der Waals surface area contributed by atoms with Gasteiger partial charge in [-0.3, -0.25) is 4.98 Å². The summed E-state index contributed by atoms with van der Waals surface area (Å²) in [7, 11) is 0. The molecule has 0 N–H and O–H groups in total. The van der Waals surface area contributed by atoms with E-state index in [9.17, 15) is 0 Å². The van der Waals surface area contributed by atoms with Crippen molar-refractivity contribution in [3.63, 3.8) is 0 Å². The number of nitrogens with zero attached hydrogens (tertiary/aromatic N) is 5. The van der Waals surface area contributed by atoms with E-state index >= 15 is 0 Å². The van der Waals surface area contributed by atoms with Gasteiger partial charge in [0.05, 0.1) is 0 Å². The van der Waals surface area contributed by atoms with Gasteiger partial charge in [-0.05, 0) is 29.8 Å². The predicted molar refractivity (Wildman–Crippen MR) is 92.1 cm³/mol. The Morgan fingerprint density at radius 1 is 1.08 bits per heavy atom. The van der Waals surface area contributed by atoms with Crippen LogP contribution >= 0.6 is 11.3 Å². The number of hydrogen-bond acceptors (Lipinski definition) is 7. The van der Waals surface area contributed by atoms with E-state index in [2.05, 4.69) is 20.3 Å². The first-order chi connectivity index (χ1) is 12.4. The Morgan fingerprint density at radius 3 is 2.88 bits per heavy atom. The van der Waals surface area contributed by atoms with Crippen molar-refractivity contribution in [3.8, 4) is 22.9 Å². The Hall–Kier alpha value is -3.00. The zero-order chi connectivity index (χ0) is 16.6. The molecule has 4 heterocycles. The summed E-state index contributed by atoms with van der Waals surface area (Å²) in [6.07, 6.45) is 4.20. The summed E-state index contributed by atoms with van der Waals surface area (Å²) in [5.41, 5.74) is 2.02. The fourth-order valence-corrected chi connectivity index (χ4v) is 3.64. The minimum Gasteiger partial charge on any atom is -0.486 e. The highest BCUT2D eigenvalue weighted by Crippen LogP contribution is 2.32. The monoisotopic (exact) mass is 351 g/mol. The SMILES string of the molecule is c1cncc(-c2nnc3sc(Cc4ccc5c(c4)OCCO5)nn23)c1. The standard InChI is InChI=1S/C17H13N5O2S/c1-2-12(10-18-5-1)16-19-20-17-22(16)21-15(25-17)9-11-3-4-13-14(8-11)24-7-6-23-13/h1-5,8,10H,6-7,9H2. The molecule has 1 aliphatic heterocycles. The van der Waals surface area contributed by atoms with Gasteiger partial charge >= 0.3 is 0 Å². The van der Waals surface area contributed by atoms with Crippen LogP contribution in [0.1, 0.15) is 10.6 Å². The van der Waals surface area contributed by atoms with Crippen LogP contribution in [0.5, 0.6) is 11.5 Å². The van der Waals surface area contributed by atoms with Crippen LogP contribution in [0.4, 0.5) is 0 Å². The molecule has 0 spiro atoms. The number of aromatic nitrogens is 5. The van der Waals surface area contributed by atoms with Crippen molar-refractivity contribution in [3.05, 3.63) is 53.3 Å². The van der Waals surface area contributed by atoms with Crippen LogP contribution in [0, 0.1) is 0 Å². The van der Waals surface area contributed by atoms with E-state index in [0.717, 1.165) is 32.6 Å². The average molecular weight is 351 g/mol. The Bertz CT molecular complexity index is 1040. The Balaban J connectivity index is 1.47. The van der Waals surface area contributed by atoms with Crippen LogP contribution in [0.2, 0.25) is 0 Å². The van der Waals surface area contributed by atoms with Crippen LogP contribution in [0.15, 0.2) is 42.7 Å². The van der Waals surface area contributed by atoms with Gasteiger partial charge in [0.25, 0.3) is 0 Å². The van der Waals surface area contributed by atoms with Gasteiger partial charge in [-0.25, -0.2) is 0 Å². The molecule has 3 aromatic heterocycles. The van der Waals surface area contributed by atoms with Crippen molar-refractivity contribution < 1.29 is 9.47 Å². The summed E-state index contributed by atoms with van der Waals surface area (Å²) < 4.78 is 13.0. The first-order valence-electron chi connectivity index (χ1n) is 7.87. The summed E-state index contributed by atoms with van der Waals surface area (Å²) >= 11 is 1.53. The highest BCUT2D eigenvalue weighted by atomic mass is 32.1. The van der Waals surface area contributed by atoms with Gasteiger partial charge in [-0.2, -0.15) is 9.61 Å². The van der Waals surface area contributed by atoms with Crippen molar-refractivity contribution in [2.75, 3.05) is 13.2 Å². The molecular formula is C17H13N5O2S. The van der Waals surface area contributed by atoms with Crippen LogP contribution in [0.3, 0.4) is 0 Å². The van der Waals surface area contributed by atoms with E-state index in [4.69, 9.17) is 9.47 Å². The average Bonchev–Trinajstić information content (AvgIpc) is 3.22. The van der Waals surface area contributed by atoms with E-state index in [1.54, 1.807) is 16.9 Å². The van der Waals surface area contributed by atoms with E-state index in [-0.39, 0.29) is 0 Å². The van der Waals surface area contributed by atoms with Crippen molar-refractivity contribution in [2.24, 2.45) is 0 Å². The molecule has 25 heavy (non-hydrogen) atoms. The zero-order valence-electron chi connectivity index (χ0n) is 13.1. The zero-order valence-corrected chi connectivity index (χ0v) is 13.9. The van der Waals surface area contributed by atoms with E-state index in [1.165, 1.54) is 11.3 Å². The molecule has 0 saturated heterocycles. The quantitative estimate of drug-likeness (QED) is 0.565. The van der Waals surface area contributed by atoms with Gasteiger partial charge in [0.15, 0.2) is 17.3 Å². The lowest BCUT2D eigenvalue weighted by Crippen LogP contribution is -2.15. The molecule has 0 bridgehead atoms. The smallest absolute Gasteiger partial charge is 0.234 e. The summed E-state index contributed by atoms with van der Waals surface area (Å²) in [6.45, 7) is 1.18. The Morgan fingerprint density at radius 2 is 2.00 bits per heavy atom. The lowest BCUT2D eigenvalue weighted by molar-refractivity contribution is 0.171. The van der Waals surface area contributed by atoms with Crippen molar-refractivity contribution in [1.29, 1.82) is 0 Å². The topological polar surface area (TPSA) is 74.4 Å². The first-order valence-corrected chi connectivity index (χ1v) is 8.68. The minimum atomic E-state index is 0.585. The Labute approximate surface area is 146 Å². The summed E-state index contributed by atoms with van der Waals surface area (Å²) in [6, 6.07) is 9.82. The molecule has 0 amide bonds. The number of fused-ring (bicyclic) bond motifs is 2. The molecule has 8 heteroatoms. The third-order valence-corrected chi connectivity index (χ3v) is 4.81. The summed E-state index contributed by atoms with van der Waals surface area (Å²) in [5, 5.41) is 14.1. The number of hydrogen-bond donors (Lipinski definition) is 0. The second-order valence-electron chi connectivity index (χ2n) is 5.61. The molecule has 7 nitrogen and oxygen atoms in total. The molecule has 1 aliphatic rings. The second-order valence-corrected chi connectivity index (χ2v) is 6.65. The normalized spacial score (nSPS) is 13.3. The Kier molecular flexibility index (Phi) is 3.34. The lowest BCUT2D eigenvalue weighted by Gasteiger charge is -2.18. The molecule has 0 radical (unpaired) electrons. The molecule has 0 saturated carbocycles. The highest BCUT2D eigenvalue weighted by molar-refractivity contribution is 7.16. The van der Waals surface area contributed by atoms with Gasteiger partial charge in [-0.15, -0.1) is 10.2 Å². The van der Waals surface area contributed by atoms with Gasteiger partial charge in [0.2, 0.25) is 4.96 Å². The third-order valence-electron chi connectivity index (χ3n) is 3.91. The molecule has 0 fully saturated rings. The van der Waals surface area contributed by atoms with Gasteiger partial charge in [-0.1, -0.05) is 17.4 Å². The van der Waals surface area contributed by atoms with Crippen molar-refractivity contribution in [1.82, 2.24) is 24.8 Å². The molecule has 124 valence electrons. The van der Waals surface area contributed by atoms with Crippen LogP contribution < -0.4 is 9.47 Å². The maximum absolute atomic E-state index is 5.65. The largest absolute Gasteiger partial charge is 0.486 e. The van der Waals surface area contributed by atoms with Crippen molar-refractivity contribution in [2.45, 2.75) is 6.42 Å². The maximum atomic E-state index is 5.65. The second kappa shape index (κ2) is 5.82. The van der Waals surface area contributed by atoms with Gasteiger partial charge in [0, 0.05) is 24.4 Å². The predicted octanol–water partition coefficient (Wildman–Crippen LogP) is 2.61. The molecule has 1 aromatic carbocycles. The van der Waals surface area contributed by atoms with Crippen LogP contribution in [-0.4, -0.2) is 38.0 Å². The molecule has 0 atom stereocenters. The summed E-state index contributed by atoms with van der Waals surface area (Å²) in [5.74, 6) is 2.29. The maximum Gasteiger partial charge on any atom is 0.234 e. The molecule has 5 rings (SSSR count). The summed E-state index contributed by atoms with van der Waals surface area (Å²) in [4.78, 5) is 4.90. The fourth-order valence-electron chi connectivity index (χ4n) is 2.78. The highest BCUT2D eigenvalue weighted by Gasteiger charge is 2.16. The minimum absolute atomic E-state index is 0.585.